The van der Waals surface area contributed by atoms with E-state index in [0.29, 0.717) is 22.2 Å². The average molecular weight is 275 g/mol. The van der Waals surface area contributed by atoms with Crippen LogP contribution >= 0.6 is 23.2 Å². The first kappa shape index (κ1) is 14.3. The molecule has 1 amide bonds. The van der Waals surface area contributed by atoms with Crippen molar-refractivity contribution in [3.63, 3.8) is 0 Å². The van der Waals surface area contributed by atoms with Crippen LogP contribution in [-0.4, -0.2) is 25.5 Å². The SMILES string of the molecule is CCCNCCNC(=O)c1ccc(Cl)cc1Cl. The van der Waals surface area contributed by atoms with Gasteiger partial charge in [0.25, 0.3) is 5.91 Å². The molecule has 2 N–H and O–H groups in total. The van der Waals surface area contributed by atoms with Gasteiger partial charge in [0.1, 0.15) is 0 Å². The molecule has 0 spiro atoms. The summed E-state index contributed by atoms with van der Waals surface area (Å²) in [6.07, 6.45) is 1.08. The first-order valence-corrected chi connectivity index (χ1v) is 6.34. The summed E-state index contributed by atoms with van der Waals surface area (Å²) < 4.78 is 0. The molecule has 0 atom stereocenters. The fourth-order valence-electron chi connectivity index (χ4n) is 1.34. The van der Waals surface area contributed by atoms with Gasteiger partial charge in [0.15, 0.2) is 0 Å². The Hall–Kier alpha value is -0.770. The zero-order chi connectivity index (χ0) is 12.7. The molecule has 3 nitrogen and oxygen atoms in total. The standard InChI is InChI=1S/C12H16Cl2N2O/c1-2-5-15-6-7-16-12(17)10-4-3-9(13)8-11(10)14/h3-4,8,15H,2,5-7H2,1H3,(H,16,17). The highest BCUT2D eigenvalue weighted by atomic mass is 35.5. The van der Waals surface area contributed by atoms with Crippen LogP contribution in [0.15, 0.2) is 18.2 Å². The lowest BCUT2D eigenvalue weighted by Gasteiger charge is -2.07. The molecule has 0 aliphatic heterocycles. The number of nitrogens with one attached hydrogen (secondary N) is 2. The van der Waals surface area contributed by atoms with Gasteiger partial charge >= 0.3 is 0 Å². The van der Waals surface area contributed by atoms with Gasteiger partial charge in [-0.2, -0.15) is 0 Å². The summed E-state index contributed by atoms with van der Waals surface area (Å²) >= 11 is 11.7. The molecule has 94 valence electrons. The second-order valence-electron chi connectivity index (χ2n) is 3.63. The van der Waals surface area contributed by atoms with Gasteiger partial charge in [0.05, 0.1) is 10.6 Å². The highest BCUT2D eigenvalue weighted by molar-refractivity contribution is 6.36. The van der Waals surface area contributed by atoms with Gasteiger partial charge in [-0.05, 0) is 31.2 Å². The topological polar surface area (TPSA) is 41.1 Å². The van der Waals surface area contributed by atoms with Crippen molar-refractivity contribution in [2.24, 2.45) is 0 Å². The maximum Gasteiger partial charge on any atom is 0.252 e. The summed E-state index contributed by atoms with van der Waals surface area (Å²) in [6.45, 7) is 4.39. The quantitative estimate of drug-likeness (QED) is 0.784. The summed E-state index contributed by atoms with van der Waals surface area (Å²) in [5.41, 5.74) is 0.451. The Morgan fingerprint density at radius 2 is 2.00 bits per heavy atom. The largest absolute Gasteiger partial charge is 0.351 e. The molecule has 0 fully saturated rings. The molecule has 0 saturated carbocycles. The third kappa shape index (κ3) is 4.94. The van der Waals surface area contributed by atoms with Gasteiger partial charge in [0.2, 0.25) is 0 Å². The smallest absolute Gasteiger partial charge is 0.252 e. The van der Waals surface area contributed by atoms with E-state index >= 15 is 0 Å². The van der Waals surface area contributed by atoms with Crippen LogP contribution in [-0.2, 0) is 0 Å². The van der Waals surface area contributed by atoms with E-state index < -0.39 is 0 Å². The van der Waals surface area contributed by atoms with Gasteiger partial charge < -0.3 is 10.6 Å². The molecule has 0 heterocycles. The number of benzene rings is 1. The fourth-order valence-corrected chi connectivity index (χ4v) is 1.83. The lowest BCUT2D eigenvalue weighted by Crippen LogP contribution is -2.32. The molecule has 5 heteroatoms. The van der Waals surface area contributed by atoms with Crippen LogP contribution in [0.5, 0.6) is 0 Å². The minimum absolute atomic E-state index is 0.176. The van der Waals surface area contributed by atoms with Gasteiger partial charge in [-0.25, -0.2) is 0 Å². The second-order valence-corrected chi connectivity index (χ2v) is 4.47. The summed E-state index contributed by atoms with van der Waals surface area (Å²) in [5, 5.41) is 6.88. The minimum atomic E-state index is -0.176. The predicted molar refractivity (Wildman–Crippen MR) is 72.0 cm³/mol. The van der Waals surface area contributed by atoms with Crippen LogP contribution in [0.4, 0.5) is 0 Å². The minimum Gasteiger partial charge on any atom is -0.351 e. The van der Waals surface area contributed by atoms with Crippen molar-refractivity contribution in [1.82, 2.24) is 10.6 Å². The molecular formula is C12H16Cl2N2O. The normalized spacial score (nSPS) is 10.3. The highest BCUT2D eigenvalue weighted by Gasteiger charge is 2.09. The molecular weight excluding hydrogens is 259 g/mol. The monoisotopic (exact) mass is 274 g/mol. The Bertz CT molecular complexity index is 383. The molecule has 0 saturated heterocycles. The Labute approximate surface area is 111 Å². The highest BCUT2D eigenvalue weighted by Crippen LogP contribution is 2.20. The molecule has 0 radical (unpaired) electrons. The van der Waals surface area contributed by atoms with Gasteiger partial charge in [-0.15, -0.1) is 0 Å². The Morgan fingerprint density at radius 1 is 1.24 bits per heavy atom. The van der Waals surface area contributed by atoms with Crippen LogP contribution in [0.25, 0.3) is 0 Å². The molecule has 1 aromatic rings. The lowest BCUT2D eigenvalue weighted by molar-refractivity contribution is 0.0954. The van der Waals surface area contributed by atoms with Crippen molar-refractivity contribution >= 4 is 29.1 Å². The van der Waals surface area contributed by atoms with E-state index in [1.807, 2.05) is 0 Å². The number of amides is 1. The summed E-state index contributed by atoms with van der Waals surface area (Å²) in [6, 6.07) is 4.84. The number of hydrogen-bond donors (Lipinski definition) is 2. The average Bonchev–Trinajstić information content (AvgIpc) is 2.28. The maximum absolute atomic E-state index is 11.7. The maximum atomic E-state index is 11.7. The number of carbonyl (C=O) groups excluding carboxylic acids is 1. The first-order chi connectivity index (χ1) is 8.15. The van der Waals surface area contributed by atoms with E-state index in [-0.39, 0.29) is 5.91 Å². The third-order valence-electron chi connectivity index (χ3n) is 2.19. The lowest BCUT2D eigenvalue weighted by atomic mass is 10.2. The summed E-state index contributed by atoms with van der Waals surface area (Å²) in [7, 11) is 0. The van der Waals surface area contributed by atoms with Crippen molar-refractivity contribution in [2.45, 2.75) is 13.3 Å². The van der Waals surface area contributed by atoms with Crippen LogP contribution in [0.1, 0.15) is 23.7 Å². The summed E-state index contributed by atoms with van der Waals surface area (Å²) in [4.78, 5) is 11.7. The van der Waals surface area contributed by atoms with Crippen molar-refractivity contribution in [3.8, 4) is 0 Å². The molecule has 0 unspecified atom stereocenters. The molecule has 0 aliphatic rings. The summed E-state index contributed by atoms with van der Waals surface area (Å²) in [5.74, 6) is -0.176. The second kappa shape index (κ2) is 7.54. The van der Waals surface area contributed by atoms with E-state index in [0.717, 1.165) is 19.5 Å². The zero-order valence-electron chi connectivity index (χ0n) is 9.72. The Morgan fingerprint density at radius 3 is 2.65 bits per heavy atom. The van der Waals surface area contributed by atoms with E-state index in [4.69, 9.17) is 23.2 Å². The van der Waals surface area contributed by atoms with Crippen LogP contribution in [0, 0.1) is 0 Å². The van der Waals surface area contributed by atoms with Gasteiger partial charge in [-0.1, -0.05) is 30.1 Å². The third-order valence-corrected chi connectivity index (χ3v) is 2.74. The van der Waals surface area contributed by atoms with E-state index in [9.17, 15) is 4.79 Å². The van der Waals surface area contributed by atoms with E-state index in [1.54, 1.807) is 18.2 Å². The van der Waals surface area contributed by atoms with Gasteiger partial charge in [0, 0.05) is 18.1 Å². The van der Waals surface area contributed by atoms with Crippen molar-refractivity contribution in [3.05, 3.63) is 33.8 Å². The number of rotatable bonds is 6. The Balaban J connectivity index is 2.42. The number of hydrogen-bond acceptors (Lipinski definition) is 2. The van der Waals surface area contributed by atoms with E-state index in [1.165, 1.54) is 0 Å². The molecule has 17 heavy (non-hydrogen) atoms. The molecule has 0 aliphatic carbocycles. The zero-order valence-corrected chi connectivity index (χ0v) is 11.2. The predicted octanol–water partition coefficient (Wildman–Crippen LogP) is 2.72. The fraction of sp³-hybridized carbons (Fsp3) is 0.417. The van der Waals surface area contributed by atoms with Crippen molar-refractivity contribution < 1.29 is 4.79 Å². The Kier molecular flexibility index (Phi) is 6.34. The van der Waals surface area contributed by atoms with E-state index in [2.05, 4.69) is 17.6 Å². The van der Waals surface area contributed by atoms with Crippen molar-refractivity contribution in [1.29, 1.82) is 0 Å². The number of carbonyl (C=O) groups is 1. The van der Waals surface area contributed by atoms with Crippen LogP contribution in [0.3, 0.4) is 0 Å². The van der Waals surface area contributed by atoms with Crippen LogP contribution in [0.2, 0.25) is 10.0 Å². The van der Waals surface area contributed by atoms with Gasteiger partial charge in [-0.3, -0.25) is 4.79 Å². The van der Waals surface area contributed by atoms with Crippen LogP contribution < -0.4 is 10.6 Å². The molecule has 0 bridgehead atoms. The molecule has 0 aromatic heterocycles. The molecule has 1 aromatic carbocycles. The molecule has 1 rings (SSSR count). The van der Waals surface area contributed by atoms with Crippen molar-refractivity contribution in [2.75, 3.05) is 19.6 Å². The first-order valence-electron chi connectivity index (χ1n) is 5.59. The number of halogens is 2.